The fourth-order valence-corrected chi connectivity index (χ4v) is 7.59. The lowest BCUT2D eigenvalue weighted by molar-refractivity contribution is 0.101. The molecule has 1 aliphatic carbocycles. The van der Waals surface area contributed by atoms with Crippen LogP contribution in [-0.2, 0) is 19.5 Å². The second kappa shape index (κ2) is 15.6. The third kappa shape index (κ3) is 7.87. The monoisotopic (exact) mass is 712 g/mol. The van der Waals surface area contributed by atoms with Crippen molar-refractivity contribution in [3.05, 3.63) is 105 Å². The molecule has 3 aliphatic rings. The first-order valence-electron chi connectivity index (χ1n) is 17.6. The topological polar surface area (TPSA) is 111 Å². The fraction of sp³-hybridized carbons (Fsp3) is 0.385. The van der Waals surface area contributed by atoms with Crippen LogP contribution in [0.5, 0.6) is 0 Å². The molecule has 11 heteroatoms. The summed E-state index contributed by atoms with van der Waals surface area (Å²) in [7, 11) is 0. The number of aromatic nitrogens is 2. The molecule has 0 bridgehead atoms. The highest BCUT2D eigenvalue weighted by Gasteiger charge is 2.29. The number of amides is 2. The molecule has 0 radical (unpaired) electrons. The van der Waals surface area contributed by atoms with Gasteiger partial charge in [0, 0.05) is 56.3 Å². The van der Waals surface area contributed by atoms with E-state index in [9.17, 15) is 9.59 Å². The highest BCUT2D eigenvalue weighted by atomic mass is 35.5. The van der Waals surface area contributed by atoms with E-state index < -0.39 is 0 Å². The Balaban J connectivity index is 1.05. The molecule has 1 saturated heterocycles. The number of nitrogens with one attached hydrogen (secondary N) is 2. The predicted molar refractivity (Wildman–Crippen MR) is 198 cm³/mol. The van der Waals surface area contributed by atoms with Crippen molar-refractivity contribution in [1.29, 1.82) is 0 Å². The molecule has 9 nitrogen and oxygen atoms in total. The summed E-state index contributed by atoms with van der Waals surface area (Å²) in [4.78, 5) is 40.6. The van der Waals surface area contributed by atoms with Gasteiger partial charge >= 0.3 is 0 Å². The summed E-state index contributed by atoms with van der Waals surface area (Å²) < 4.78 is 0. The van der Waals surface area contributed by atoms with Gasteiger partial charge in [0.05, 0.1) is 21.4 Å². The molecule has 2 aromatic heterocycles. The number of anilines is 2. The van der Waals surface area contributed by atoms with Crippen LogP contribution in [-0.4, -0.2) is 69.5 Å². The molecule has 2 amide bonds. The number of nitrogens with zero attached hydrogens (tertiary/aromatic N) is 4. The number of rotatable bonds is 11. The number of benzene rings is 2. The van der Waals surface area contributed by atoms with Crippen LogP contribution < -0.4 is 10.6 Å². The Bertz CT molecular complexity index is 1890. The minimum absolute atomic E-state index is 0.172. The first-order valence-corrected chi connectivity index (χ1v) is 18.4. The molecule has 4 heterocycles. The van der Waals surface area contributed by atoms with E-state index in [4.69, 9.17) is 28.3 Å². The smallest absolute Gasteiger partial charge is 0.274 e. The molecule has 3 N–H and O–H groups in total. The third-order valence-corrected chi connectivity index (χ3v) is 10.8. The molecule has 7 rings (SSSR count). The van der Waals surface area contributed by atoms with Crippen molar-refractivity contribution >= 4 is 46.4 Å². The highest BCUT2D eigenvalue weighted by molar-refractivity contribution is 6.40. The SMILES string of the molecule is O=C(Nc1cccc(-c2cccc(NC(=O)c3cc(C4CC4)c(CN4CCCCC4)cn3)c2Cl)c1Cl)c1cc2c(cn1)CN(CCCO)CC2. The number of hydrogen-bond acceptors (Lipinski definition) is 7. The van der Waals surface area contributed by atoms with Gasteiger partial charge in [-0.05, 0) is 104 Å². The molecule has 0 atom stereocenters. The van der Waals surface area contributed by atoms with Gasteiger partial charge in [0.1, 0.15) is 11.4 Å². The summed E-state index contributed by atoms with van der Waals surface area (Å²) in [5.41, 5.74) is 7.43. The van der Waals surface area contributed by atoms with Gasteiger partial charge in [0.25, 0.3) is 11.8 Å². The molecule has 2 aromatic carbocycles. The molecular weight excluding hydrogens is 671 g/mol. The summed E-state index contributed by atoms with van der Waals surface area (Å²) in [6.45, 7) is 5.72. The number of aliphatic hydroxyl groups is 1. The van der Waals surface area contributed by atoms with Gasteiger partial charge in [0.15, 0.2) is 0 Å². The maximum absolute atomic E-state index is 13.5. The van der Waals surface area contributed by atoms with E-state index >= 15 is 0 Å². The van der Waals surface area contributed by atoms with Gasteiger partial charge in [-0.15, -0.1) is 0 Å². The molecule has 0 spiro atoms. The molecule has 260 valence electrons. The normalized spacial score (nSPS) is 16.5. The van der Waals surface area contributed by atoms with E-state index in [2.05, 4.69) is 30.4 Å². The molecule has 4 aromatic rings. The van der Waals surface area contributed by atoms with Crippen LogP contribution >= 0.6 is 23.2 Å². The van der Waals surface area contributed by atoms with Gasteiger partial charge < -0.3 is 15.7 Å². The average molecular weight is 714 g/mol. The Hall–Kier alpha value is -3.86. The second-order valence-electron chi connectivity index (χ2n) is 13.6. The van der Waals surface area contributed by atoms with Crippen molar-refractivity contribution in [1.82, 2.24) is 19.8 Å². The molecule has 0 unspecified atom stereocenters. The molecule has 50 heavy (non-hydrogen) atoms. The zero-order valence-corrected chi connectivity index (χ0v) is 29.6. The quantitative estimate of drug-likeness (QED) is 0.147. The van der Waals surface area contributed by atoms with Crippen molar-refractivity contribution in [3.63, 3.8) is 0 Å². The zero-order valence-electron chi connectivity index (χ0n) is 28.1. The van der Waals surface area contributed by atoms with E-state index in [1.807, 2.05) is 36.5 Å². The van der Waals surface area contributed by atoms with Crippen LogP contribution in [0, 0.1) is 0 Å². The number of pyridine rings is 2. The summed E-state index contributed by atoms with van der Waals surface area (Å²) in [6, 6.07) is 14.6. The van der Waals surface area contributed by atoms with Gasteiger partial charge in [-0.25, -0.2) is 0 Å². The van der Waals surface area contributed by atoms with Crippen molar-refractivity contribution in [2.45, 2.75) is 64.0 Å². The molecule has 1 saturated carbocycles. The van der Waals surface area contributed by atoms with Gasteiger partial charge in [-0.2, -0.15) is 0 Å². The van der Waals surface area contributed by atoms with E-state index in [1.165, 1.54) is 30.4 Å². The van der Waals surface area contributed by atoms with Gasteiger partial charge in [0.2, 0.25) is 0 Å². The van der Waals surface area contributed by atoms with Crippen LogP contribution in [0.2, 0.25) is 10.0 Å². The Kier molecular flexibility index (Phi) is 10.8. The lowest BCUT2D eigenvalue weighted by atomic mass is 10.0. The van der Waals surface area contributed by atoms with Crippen molar-refractivity contribution in [2.24, 2.45) is 0 Å². The van der Waals surface area contributed by atoms with E-state index in [1.54, 1.807) is 24.4 Å². The Morgan fingerprint density at radius 1 is 0.800 bits per heavy atom. The van der Waals surface area contributed by atoms with Gasteiger partial charge in [-0.1, -0.05) is 53.9 Å². The Morgan fingerprint density at radius 2 is 1.44 bits per heavy atom. The summed E-state index contributed by atoms with van der Waals surface area (Å²) >= 11 is 13.8. The Labute approximate surface area is 303 Å². The number of hydrogen-bond donors (Lipinski definition) is 3. The second-order valence-corrected chi connectivity index (χ2v) is 14.3. The number of halogens is 2. The maximum Gasteiger partial charge on any atom is 0.274 e. The van der Waals surface area contributed by atoms with Crippen molar-refractivity contribution < 1.29 is 14.7 Å². The minimum atomic E-state index is -0.360. The van der Waals surface area contributed by atoms with Crippen molar-refractivity contribution in [2.75, 3.05) is 43.4 Å². The van der Waals surface area contributed by atoms with Gasteiger partial charge in [-0.3, -0.25) is 29.4 Å². The van der Waals surface area contributed by atoms with Crippen LogP contribution in [0.3, 0.4) is 0 Å². The molecule has 2 aliphatic heterocycles. The third-order valence-electron chi connectivity index (χ3n) is 9.94. The number of carbonyl (C=O) groups excluding carboxylic acids is 2. The maximum atomic E-state index is 13.5. The predicted octanol–water partition coefficient (Wildman–Crippen LogP) is 7.56. The minimum Gasteiger partial charge on any atom is -0.396 e. The standard InChI is InChI=1S/C39H42Cl2N6O3/c40-36-29(7-4-9-32(36)44-38(49)34-19-26-13-17-47(16-6-18-48)23-27(26)21-42-34)30-8-5-10-33(37(30)41)45-39(50)35-20-31(25-11-12-25)28(22-43-35)24-46-14-2-1-3-15-46/h4-5,7-10,19-22,25,48H,1-3,6,11-18,23-24H2,(H,44,49)(H,45,50). The van der Waals surface area contributed by atoms with E-state index in [0.29, 0.717) is 49.9 Å². The Morgan fingerprint density at radius 3 is 2.08 bits per heavy atom. The first-order chi connectivity index (χ1) is 24.4. The van der Waals surface area contributed by atoms with Crippen LogP contribution in [0.1, 0.15) is 87.7 Å². The van der Waals surface area contributed by atoms with Crippen LogP contribution in [0.25, 0.3) is 11.1 Å². The number of aliphatic hydroxyl groups excluding tert-OH is 1. The van der Waals surface area contributed by atoms with Crippen LogP contribution in [0.15, 0.2) is 60.9 Å². The number of likely N-dealkylation sites (tertiary alicyclic amines) is 1. The molecular formula is C39H42Cl2N6O3. The zero-order chi connectivity index (χ0) is 34.6. The van der Waals surface area contributed by atoms with Crippen molar-refractivity contribution in [3.8, 4) is 11.1 Å². The lowest BCUT2D eigenvalue weighted by Gasteiger charge is -2.28. The molecule has 2 fully saturated rings. The average Bonchev–Trinajstić information content (AvgIpc) is 3.99. The first kappa shape index (κ1) is 34.6. The summed E-state index contributed by atoms with van der Waals surface area (Å²) in [6.07, 6.45) is 11.2. The lowest BCUT2D eigenvalue weighted by Crippen LogP contribution is -2.32. The van der Waals surface area contributed by atoms with E-state index in [0.717, 1.165) is 76.1 Å². The number of piperidine rings is 1. The fourth-order valence-electron chi connectivity index (χ4n) is 7.04. The van der Waals surface area contributed by atoms with E-state index in [-0.39, 0.29) is 18.4 Å². The highest BCUT2D eigenvalue weighted by Crippen LogP contribution is 2.43. The summed E-state index contributed by atoms with van der Waals surface area (Å²) in [5.74, 6) is -0.192. The van der Waals surface area contributed by atoms with Crippen LogP contribution in [0.4, 0.5) is 11.4 Å². The number of fused-ring (bicyclic) bond motifs is 1. The largest absolute Gasteiger partial charge is 0.396 e. The number of carbonyl (C=O) groups is 2. The summed E-state index contributed by atoms with van der Waals surface area (Å²) in [5, 5.41) is 15.7.